The molecule has 3 rings (SSSR count). The molecule has 7 nitrogen and oxygen atoms in total. The first-order valence-corrected chi connectivity index (χ1v) is 8.60. The zero-order valence-electron chi connectivity index (χ0n) is 13.3. The second-order valence-electron chi connectivity index (χ2n) is 5.20. The third-order valence-electron chi connectivity index (χ3n) is 3.51. The highest BCUT2D eigenvalue weighted by Crippen LogP contribution is 2.17. The lowest BCUT2D eigenvalue weighted by molar-refractivity contribution is -0.130. The highest BCUT2D eigenvalue weighted by Gasteiger charge is 2.35. The number of carbonyl (C=O) groups is 3. The predicted molar refractivity (Wildman–Crippen MR) is 92.3 cm³/mol. The molecule has 126 valence electrons. The van der Waals surface area contributed by atoms with E-state index in [1.54, 1.807) is 12.1 Å². The highest BCUT2D eigenvalue weighted by atomic mass is 32.2. The van der Waals surface area contributed by atoms with Gasteiger partial charge in [-0.3, -0.25) is 19.8 Å². The fourth-order valence-corrected chi connectivity index (χ4v) is 2.59. The van der Waals surface area contributed by atoms with E-state index in [9.17, 15) is 14.4 Å². The molecule has 0 atom stereocenters. The molecule has 0 saturated carbocycles. The zero-order chi connectivity index (χ0) is 17.8. The number of imide groups is 2. The molecule has 1 aliphatic rings. The molecule has 8 heteroatoms. The van der Waals surface area contributed by atoms with Crippen LogP contribution in [0.4, 0.5) is 4.79 Å². The van der Waals surface area contributed by atoms with Crippen LogP contribution in [0.2, 0.25) is 0 Å². The first kappa shape index (κ1) is 16.8. The first-order valence-electron chi connectivity index (χ1n) is 7.37. The molecule has 2 heterocycles. The maximum atomic E-state index is 12.6. The van der Waals surface area contributed by atoms with E-state index in [0.717, 1.165) is 10.5 Å². The van der Waals surface area contributed by atoms with Gasteiger partial charge in [0, 0.05) is 18.0 Å². The molecule has 1 fully saturated rings. The van der Waals surface area contributed by atoms with Gasteiger partial charge in [0.1, 0.15) is 5.57 Å². The fourth-order valence-electron chi connectivity index (χ4n) is 2.28. The normalized spacial score (nSPS) is 16.3. The SMILES string of the molecule is CSc1ncc(/C=C2\C(=O)NC(=O)N(Cc3ccccc3)C2=O)cn1. The van der Waals surface area contributed by atoms with Crippen molar-refractivity contribution in [2.75, 3.05) is 6.26 Å². The van der Waals surface area contributed by atoms with Crippen LogP contribution in [0.3, 0.4) is 0 Å². The van der Waals surface area contributed by atoms with Crippen LogP contribution in [0.25, 0.3) is 6.08 Å². The Hall–Kier alpha value is -3.00. The van der Waals surface area contributed by atoms with Crippen molar-refractivity contribution in [3.05, 3.63) is 59.4 Å². The second kappa shape index (κ2) is 7.27. The molecule has 1 saturated heterocycles. The van der Waals surface area contributed by atoms with Crippen LogP contribution in [0.5, 0.6) is 0 Å². The number of nitrogens with zero attached hydrogens (tertiary/aromatic N) is 3. The van der Waals surface area contributed by atoms with Crippen molar-refractivity contribution in [1.29, 1.82) is 0 Å². The number of carbonyl (C=O) groups excluding carboxylic acids is 3. The molecule has 0 bridgehead atoms. The van der Waals surface area contributed by atoms with Gasteiger partial charge in [0.05, 0.1) is 6.54 Å². The van der Waals surface area contributed by atoms with Gasteiger partial charge in [0.15, 0.2) is 5.16 Å². The van der Waals surface area contributed by atoms with Crippen LogP contribution < -0.4 is 5.32 Å². The van der Waals surface area contributed by atoms with Gasteiger partial charge in [-0.2, -0.15) is 0 Å². The van der Waals surface area contributed by atoms with Crippen LogP contribution in [-0.2, 0) is 16.1 Å². The Morgan fingerprint density at radius 1 is 1.12 bits per heavy atom. The van der Waals surface area contributed by atoms with E-state index in [1.165, 1.54) is 30.2 Å². The molecular weight excluding hydrogens is 340 g/mol. The lowest BCUT2D eigenvalue weighted by Crippen LogP contribution is -2.53. The van der Waals surface area contributed by atoms with Crippen molar-refractivity contribution in [2.24, 2.45) is 0 Å². The van der Waals surface area contributed by atoms with Crippen LogP contribution in [-0.4, -0.2) is 39.0 Å². The quantitative estimate of drug-likeness (QED) is 0.390. The van der Waals surface area contributed by atoms with Gasteiger partial charge in [0.25, 0.3) is 11.8 Å². The smallest absolute Gasteiger partial charge is 0.273 e. The van der Waals surface area contributed by atoms with E-state index in [-0.39, 0.29) is 12.1 Å². The summed E-state index contributed by atoms with van der Waals surface area (Å²) in [5, 5.41) is 2.77. The van der Waals surface area contributed by atoms with Gasteiger partial charge in [-0.1, -0.05) is 42.1 Å². The average Bonchev–Trinajstić information content (AvgIpc) is 2.63. The molecule has 0 aliphatic carbocycles. The number of hydrogen-bond donors (Lipinski definition) is 1. The minimum atomic E-state index is -0.731. The summed E-state index contributed by atoms with van der Waals surface area (Å²) in [5.74, 6) is -1.38. The lowest BCUT2D eigenvalue weighted by Gasteiger charge is -2.26. The van der Waals surface area contributed by atoms with E-state index in [0.29, 0.717) is 10.7 Å². The Balaban J connectivity index is 1.87. The summed E-state index contributed by atoms with van der Waals surface area (Å²) >= 11 is 1.38. The highest BCUT2D eigenvalue weighted by molar-refractivity contribution is 7.98. The number of benzene rings is 1. The maximum absolute atomic E-state index is 12.6. The minimum absolute atomic E-state index is 0.0814. The van der Waals surface area contributed by atoms with Gasteiger partial charge in [-0.05, 0) is 17.9 Å². The average molecular weight is 354 g/mol. The van der Waals surface area contributed by atoms with Crippen molar-refractivity contribution in [3.63, 3.8) is 0 Å². The molecule has 1 aromatic carbocycles. The molecular formula is C17H14N4O3S. The van der Waals surface area contributed by atoms with E-state index in [1.807, 2.05) is 24.5 Å². The van der Waals surface area contributed by atoms with Crippen LogP contribution in [0.1, 0.15) is 11.1 Å². The fraction of sp³-hybridized carbons (Fsp3) is 0.118. The van der Waals surface area contributed by atoms with Gasteiger partial charge >= 0.3 is 6.03 Å². The summed E-state index contributed by atoms with van der Waals surface area (Å²) < 4.78 is 0. The van der Waals surface area contributed by atoms with E-state index in [2.05, 4.69) is 15.3 Å². The summed E-state index contributed by atoms with van der Waals surface area (Å²) in [4.78, 5) is 45.9. The van der Waals surface area contributed by atoms with Crippen molar-refractivity contribution in [1.82, 2.24) is 20.2 Å². The monoisotopic (exact) mass is 354 g/mol. The van der Waals surface area contributed by atoms with E-state index in [4.69, 9.17) is 0 Å². The van der Waals surface area contributed by atoms with E-state index < -0.39 is 17.8 Å². The van der Waals surface area contributed by atoms with Crippen molar-refractivity contribution in [2.45, 2.75) is 11.7 Å². The molecule has 1 aliphatic heterocycles. The van der Waals surface area contributed by atoms with Gasteiger partial charge in [-0.25, -0.2) is 14.8 Å². The second-order valence-corrected chi connectivity index (χ2v) is 5.97. The number of urea groups is 1. The molecule has 2 aromatic rings. The van der Waals surface area contributed by atoms with Crippen LogP contribution in [0, 0.1) is 0 Å². The van der Waals surface area contributed by atoms with Crippen LogP contribution in [0.15, 0.2) is 53.5 Å². The molecule has 4 amide bonds. The molecule has 0 unspecified atom stereocenters. The first-order chi connectivity index (χ1) is 12.1. The number of hydrogen-bond acceptors (Lipinski definition) is 6. The number of barbiturate groups is 1. The Labute approximate surface area is 148 Å². The Morgan fingerprint density at radius 2 is 1.80 bits per heavy atom. The van der Waals surface area contributed by atoms with Gasteiger partial charge < -0.3 is 0 Å². The topological polar surface area (TPSA) is 92.3 Å². The summed E-state index contributed by atoms with van der Waals surface area (Å²) in [5.41, 5.74) is 1.16. The maximum Gasteiger partial charge on any atom is 0.331 e. The summed E-state index contributed by atoms with van der Waals surface area (Å²) in [6.07, 6.45) is 6.26. The third kappa shape index (κ3) is 3.74. The van der Waals surface area contributed by atoms with E-state index >= 15 is 0 Å². The zero-order valence-corrected chi connectivity index (χ0v) is 14.1. The van der Waals surface area contributed by atoms with Gasteiger partial charge in [-0.15, -0.1) is 0 Å². The number of nitrogens with one attached hydrogen (secondary N) is 1. The van der Waals surface area contributed by atoms with Crippen LogP contribution >= 0.6 is 11.8 Å². The number of thioether (sulfide) groups is 1. The molecule has 0 spiro atoms. The predicted octanol–water partition coefficient (Wildman–Crippen LogP) is 1.86. The lowest BCUT2D eigenvalue weighted by atomic mass is 10.1. The molecule has 1 aromatic heterocycles. The third-order valence-corrected chi connectivity index (χ3v) is 4.09. The Kier molecular flexibility index (Phi) is 4.90. The summed E-state index contributed by atoms with van der Waals surface area (Å²) in [7, 11) is 0. The summed E-state index contributed by atoms with van der Waals surface area (Å²) in [6.45, 7) is 0.0814. The van der Waals surface area contributed by atoms with Crippen molar-refractivity contribution in [3.8, 4) is 0 Å². The standard InChI is InChI=1S/C17H14N4O3S/c1-25-16-18-8-12(9-19-16)7-13-14(22)20-17(24)21(15(13)23)10-11-5-3-2-4-6-11/h2-9H,10H2,1H3,(H,20,22,24)/b13-7+. The largest absolute Gasteiger partial charge is 0.331 e. The summed E-state index contributed by atoms with van der Waals surface area (Å²) in [6, 6.07) is 8.34. The minimum Gasteiger partial charge on any atom is -0.273 e. The number of aromatic nitrogens is 2. The molecule has 25 heavy (non-hydrogen) atoms. The molecule has 1 N–H and O–H groups in total. The Bertz CT molecular complexity index is 850. The Morgan fingerprint density at radius 3 is 2.44 bits per heavy atom. The molecule has 0 radical (unpaired) electrons. The number of amides is 4. The number of rotatable bonds is 4. The van der Waals surface area contributed by atoms with Crippen molar-refractivity contribution >= 4 is 35.7 Å². The van der Waals surface area contributed by atoms with Gasteiger partial charge in [0.2, 0.25) is 0 Å². The van der Waals surface area contributed by atoms with Crippen molar-refractivity contribution < 1.29 is 14.4 Å².